The highest BCUT2D eigenvalue weighted by Gasteiger charge is 2.29. The molecule has 148 valence electrons. The number of hydrogen-bond acceptors (Lipinski definition) is 5. The lowest BCUT2D eigenvalue weighted by atomic mass is 10.1. The molecule has 0 aliphatic carbocycles. The summed E-state index contributed by atoms with van der Waals surface area (Å²) in [6.45, 7) is 0. The summed E-state index contributed by atoms with van der Waals surface area (Å²) in [5, 5.41) is 21.3. The minimum Gasteiger partial charge on any atom is -0.283 e. The quantitative estimate of drug-likeness (QED) is 0.527. The van der Waals surface area contributed by atoms with Crippen LogP contribution in [0, 0.1) is 16.7 Å². The Morgan fingerprint density at radius 3 is 2.33 bits per heavy atom. The molecule has 0 saturated carbocycles. The van der Waals surface area contributed by atoms with Crippen LogP contribution in [0.1, 0.15) is 16.7 Å². The molecule has 0 aliphatic rings. The summed E-state index contributed by atoms with van der Waals surface area (Å²) in [5.74, 6) is 0. The molecule has 0 saturated heterocycles. The zero-order valence-corrected chi connectivity index (χ0v) is 15.2. The number of imidazole rings is 1. The van der Waals surface area contributed by atoms with E-state index in [0.29, 0.717) is 22.3 Å². The van der Waals surface area contributed by atoms with Gasteiger partial charge >= 0.3 is 6.18 Å². The number of nitriles is 1. The Morgan fingerprint density at radius 2 is 1.70 bits per heavy atom. The third-order valence-corrected chi connectivity index (χ3v) is 4.33. The minimum atomic E-state index is -4.40. The first-order valence-electron chi connectivity index (χ1n) is 8.58. The summed E-state index contributed by atoms with van der Waals surface area (Å²) in [7, 11) is 0. The summed E-state index contributed by atoms with van der Waals surface area (Å²) < 4.78 is 40.8. The lowest BCUT2D eigenvalue weighted by molar-refractivity contribution is -0.137. The number of fused-ring (bicyclic) bond motifs is 1. The number of nitrogens with one attached hydrogen (secondary N) is 1. The van der Waals surface area contributed by atoms with Crippen molar-refractivity contribution in [2.24, 2.45) is 5.10 Å². The summed E-state index contributed by atoms with van der Waals surface area (Å²) in [5.41, 5.74) is 1.65. The molecule has 2 aromatic carbocycles. The molecular formula is C20H12F3N7. The van der Waals surface area contributed by atoms with Crippen molar-refractivity contribution in [3.63, 3.8) is 0 Å². The number of hydrogen-bond donors (Lipinski definition) is 1. The Labute approximate surface area is 167 Å². The van der Waals surface area contributed by atoms with Gasteiger partial charge in [-0.15, -0.1) is 0 Å². The van der Waals surface area contributed by atoms with Crippen LogP contribution >= 0.6 is 0 Å². The molecule has 2 aromatic heterocycles. The maximum atomic E-state index is 12.6. The van der Waals surface area contributed by atoms with E-state index in [1.165, 1.54) is 35.7 Å². The second kappa shape index (κ2) is 7.29. The van der Waals surface area contributed by atoms with Gasteiger partial charge in [-0.1, -0.05) is 12.1 Å². The van der Waals surface area contributed by atoms with Gasteiger partial charge in [-0.2, -0.15) is 23.5 Å². The molecule has 0 radical (unpaired) electrons. The monoisotopic (exact) mass is 407 g/mol. The Morgan fingerprint density at radius 1 is 1.00 bits per heavy atom. The second-order valence-electron chi connectivity index (χ2n) is 6.25. The number of nitrogens with zero attached hydrogens (tertiary/aromatic N) is 6. The highest BCUT2D eigenvalue weighted by atomic mass is 19.4. The maximum Gasteiger partial charge on any atom is 0.416 e. The first kappa shape index (κ1) is 19.1. The maximum absolute atomic E-state index is 12.6. The molecule has 0 fully saturated rings. The van der Waals surface area contributed by atoms with Crippen molar-refractivity contribution in [2.45, 2.75) is 6.18 Å². The van der Waals surface area contributed by atoms with Crippen LogP contribution in [-0.2, 0) is 6.18 Å². The fourth-order valence-corrected chi connectivity index (χ4v) is 2.77. The van der Waals surface area contributed by atoms with Crippen molar-refractivity contribution in [1.82, 2.24) is 19.2 Å². The van der Waals surface area contributed by atoms with E-state index in [1.54, 1.807) is 28.8 Å². The fraction of sp³-hybridized carbons (Fsp3) is 0.0500. The van der Waals surface area contributed by atoms with Gasteiger partial charge in [-0.05, 0) is 42.0 Å². The van der Waals surface area contributed by atoms with E-state index in [1.807, 2.05) is 6.07 Å². The van der Waals surface area contributed by atoms with Gasteiger partial charge in [-0.3, -0.25) is 9.98 Å². The third-order valence-electron chi connectivity index (χ3n) is 4.33. The average Bonchev–Trinajstić information content (AvgIpc) is 3.18. The van der Waals surface area contributed by atoms with Gasteiger partial charge in [0.05, 0.1) is 23.4 Å². The topological polar surface area (TPSA) is 95.6 Å². The minimum absolute atomic E-state index is 0.0319. The standard InChI is InChI=1S/C20H12F3N7/c21-20(22,23)15-5-1-14(2-6-15)10-28-30-12-27-19-17(18(30)25)26-11-29(19)16-7-3-13(9-24)4-8-16/h1-8,10-12,25H/b25-18?,28-10-. The van der Waals surface area contributed by atoms with Gasteiger partial charge in [0.25, 0.3) is 0 Å². The Bertz CT molecular complexity index is 1340. The van der Waals surface area contributed by atoms with E-state index in [-0.39, 0.29) is 5.49 Å². The molecular weight excluding hydrogens is 395 g/mol. The number of benzene rings is 2. The Hall–Kier alpha value is -4.26. The zero-order valence-electron chi connectivity index (χ0n) is 15.2. The van der Waals surface area contributed by atoms with E-state index in [4.69, 9.17) is 10.7 Å². The average molecular weight is 407 g/mol. The summed E-state index contributed by atoms with van der Waals surface area (Å²) >= 11 is 0. The highest BCUT2D eigenvalue weighted by molar-refractivity contribution is 5.79. The lowest BCUT2D eigenvalue weighted by Crippen LogP contribution is -2.18. The smallest absolute Gasteiger partial charge is 0.283 e. The van der Waals surface area contributed by atoms with Gasteiger partial charge in [0.1, 0.15) is 12.7 Å². The summed E-state index contributed by atoms with van der Waals surface area (Å²) in [6.07, 6.45) is -0.223. The van der Waals surface area contributed by atoms with Gasteiger partial charge < -0.3 is 0 Å². The van der Waals surface area contributed by atoms with Crippen molar-refractivity contribution < 1.29 is 13.2 Å². The molecule has 4 aromatic rings. The van der Waals surface area contributed by atoms with Gasteiger partial charge in [0, 0.05) is 5.69 Å². The van der Waals surface area contributed by atoms with E-state index >= 15 is 0 Å². The molecule has 1 N–H and O–H groups in total. The largest absolute Gasteiger partial charge is 0.416 e. The molecule has 10 heteroatoms. The summed E-state index contributed by atoms with van der Waals surface area (Å²) in [4.78, 5) is 8.52. The first-order valence-corrected chi connectivity index (χ1v) is 8.58. The van der Waals surface area contributed by atoms with E-state index in [9.17, 15) is 13.2 Å². The van der Waals surface area contributed by atoms with E-state index < -0.39 is 11.7 Å². The zero-order chi connectivity index (χ0) is 21.3. The van der Waals surface area contributed by atoms with Crippen LogP contribution in [-0.4, -0.2) is 25.4 Å². The molecule has 0 spiro atoms. The third kappa shape index (κ3) is 3.56. The molecule has 30 heavy (non-hydrogen) atoms. The Balaban J connectivity index is 1.65. The van der Waals surface area contributed by atoms with Crippen LogP contribution in [0.4, 0.5) is 13.2 Å². The highest BCUT2D eigenvalue weighted by Crippen LogP contribution is 2.28. The number of alkyl halides is 3. The predicted octanol–water partition coefficient (Wildman–Crippen LogP) is 3.47. The van der Waals surface area contributed by atoms with Crippen LogP contribution in [0.5, 0.6) is 0 Å². The normalized spacial score (nSPS) is 11.8. The number of rotatable bonds is 3. The molecule has 4 rings (SSSR count). The first-order chi connectivity index (χ1) is 14.4. The van der Waals surface area contributed by atoms with E-state index in [0.717, 1.165) is 17.8 Å². The van der Waals surface area contributed by atoms with E-state index in [2.05, 4.69) is 15.1 Å². The molecule has 2 heterocycles. The van der Waals surface area contributed by atoms with Gasteiger partial charge in [0.2, 0.25) is 0 Å². The summed E-state index contributed by atoms with van der Waals surface area (Å²) in [6, 6.07) is 13.4. The molecule has 0 atom stereocenters. The van der Waals surface area contributed by atoms with Crippen LogP contribution in [0.2, 0.25) is 0 Å². The van der Waals surface area contributed by atoms with Crippen molar-refractivity contribution >= 4 is 17.4 Å². The van der Waals surface area contributed by atoms with Crippen LogP contribution in [0.15, 0.2) is 66.3 Å². The fourth-order valence-electron chi connectivity index (χ4n) is 2.77. The second-order valence-corrected chi connectivity index (χ2v) is 6.25. The van der Waals surface area contributed by atoms with Crippen molar-refractivity contribution in [1.29, 1.82) is 10.7 Å². The van der Waals surface area contributed by atoms with Crippen LogP contribution < -0.4 is 5.49 Å². The lowest BCUT2D eigenvalue weighted by Gasteiger charge is -2.06. The number of halogens is 3. The molecule has 0 bridgehead atoms. The molecule has 0 unspecified atom stereocenters. The Kier molecular flexibility index (Phi) is 4.63. The van der Waals surface area contributed by atoms with Crippen LogP contribution in [0.25, 0.3) is 16.9 Å². The van der Waals surface area contributed by atoms with Crippen molar-refractivity contribution in [3.8, 4) is 11.8 Å². The van der Waals surface area contributed by atoms with Crippen molar-refractivity contribution in [2.75, 3.05) is 0 Å². The van der Waals surface area contributed by atoms with Crippen molar-refractivity contribution in [3.05, 3.63) is 83.4 Å². The molecule has 7 nitrogen and oxygen atoms in total. The van der Waals surface area contributed by atoms with Gasteiger partial charge in [-0.25, -0.2) is 14.6 Å². The van der Waals surface area contributed by atoms with Crippen LogP contribution in [0.3, 0.4) is 0 Å². The molecule has 0 aliphatic heterocycles. The van der Waals surface area contributed by atoms with Gasteiger partial charge in [0.15, 0.2) is 16.7 Å². The SMILES string of the molecule is N#Cc1ccc(-n2cnc3c(=N)n(/N=C\c4ccc(C(F)(F)F)cc4)cnc32)cc1. The molecule has 0 amide bonds. The number of aromatic nitrogens is 4. The predicted molar refractivity (Wildman–Crippen MR) is 102 cm³/mol.